The van der Waals surface area contributed by atoms with Crippen molar-refractivity contribution in [3.63, 3.8) is 0 Å². The van der Waals surface area contributed by atoms with Gasteiger partial charge in [0.2, 0.25) is 23.5 Å². The van der Waals surface area contributed by atoms with Crippen LogP contribution in [0.5, 0.6) is 0 Å². The van der Waals surface area contributed by atoms with Crippen LogP contribution in [0.15, 0.2) is 24.3 Å². The van der Waals surface area contributed by atoms with Crippen molar-refractivity contribution in [2.75, 3.05) is 12.8 Å². The highest BCUT2D eigenvalue weighted by atomic mass is 32.2. The third-order valence-corrected chi connectivity index (χ3v) is 12.9. The molecular formula is C31H40N4O6S2. The van der Waals surface area contributed by atoms with Crippen LogP contribution >= 0.6 is 11.3 Å². The predicted molar refractivity (Wildman–Crippen MR) is 163 cm³/mol. The number of carbonyl (C=O) groups excluding carboxylic acids is 4. The molecule has 232 valence electrons. The number of nitrogens with zero attached hydrogens (tertiary/aromatic N) is 2. The van der Waals surface area contributed by atoms with Crippen molar-refractivity contribution < 1.29 is 27.6 Å². The number of ketones is 1. The second-order valence-electron chi connectivity index (χ2n) is 14.8. The Morgan fingerprint density at radius 3 is 2.44 bits per heavy atom. The maximum absolute atomic E-state index is 14.2. The summed E-state index contributed by atoms with van der Waals surface area (Å²) in [5.41, 5.74) is -0.603. The Morgan fingerprint density at radius 2 is 1.86 bits per heavy atom. The summed E-state index contributed by atoms with van der Waals surface area (Å²) in [5.74, 6) is -2.13. The minimum Gasteiger partial charge on any atom is -0.350 e. The van der Waals surface area contributed by atoms with Crippen molar-refractivity contribution in [2.45, 2.75) is 83.2 Å². The van der Waals surface area contributed by atoms with Crippen LogP contribution in [-0.4, -0.2) is 77.5 Å². The van der Waals surface area contributed by atoms with Crippen LogP contribution in [0.3, 0.4) is 0 Å². The number of aromatic nitrogens is 1. The normalized spacial score (nSPS) is 28.3. The number of sulfone groups is 1. The highest BCUT2D eigenvalue weighted by Gasteiger charge is 2.70. The highest BCUT2D eigenvalue weighted by Crippen LogP contribution is 2.65. The smallest absolute Gasteiger partial charge is 0.243 e. The lowest BCUT2D eigenvalue weighted by atomic mass is 9.89. The molecule has 2 saturated carbocycles. The highest BCUT2D eigenvalue weighted by molar-refractivity contribution is 7.92. The Morgan fingerprint density at radius 1 is 1.19 bits per heavy atom. The lowest BCUT2D eigenvalue weighted by molar-refractivity contribution is -0.141. The van der Waals surface area contributed by atoms with E-state index in [0.29, 0.717) is 11.9 Å². The molecular weight excluding hydrogens is 588 g/mol. The van der Waals surface area contributed by atoms with Crippen LogP contribution < -0.4 is 10.6 Å². The zero-order valence-electron chi connectivity index (χ0n) is 25.5. The van der Waals surface area contributed by atoms with Crippen LogP contribution in [0.2, 0.25) is 0 Å². The van der Waals surface area contributed by atoms with Crippen LogP contribution in [0.25, 0.3) is 10.2 Å². The van der Waals surface area contributed by atoms with Crippen molar-refractivity contribution in [3.05, 3.63) is 29.3 Å². The first kappa shape index (κ1) is 30.2. The number of hydrogen-bond acceptors (Lipinski definition) is 8. The van der Waals surface area contributed by atoms with E-state index in [2.05, 4.69) is 15.6 Å². The minimum atomic E-state index is -3.78. The van der Waals surface area contributed by atoms with Crippen molar-refractivity contribution in [2.24, 2.45) is 28.6 Å². The molecule has 3 amide bonds. The Balaban J connectivity index is 1.31. The summed E-state index contributed by atoms with van der Waals surface area (Å²) in [6.45, 7) is 9.49. The number of piperidine rings is 1. The average molecular weight is 629 g/mol. The van der Waals surface area contributed by atoms with Gasteiger partial charge in [-0.1, -0.05) is 46.8 Å². The molecule has 0 radical (unpaired) electrons. The lowest BCUT2D eigenvalue weighted by Crippen LogP contribution is -2.58. The molecule has 10 nitrogen and oxygen atoms in total. The van der Waals surface area contributed by atoms with E-state index in [1.165, 1.54) is 16.2 Å². The molecule has 0 bridgehead atoms. The Labute approximate surface area is 256 Å². The van der Waals surface area contributed by atoms with E-state index in [9.17, 15) is 27.6 Å². The fraction of sp³-hybridized carbons (Fsp3) is 0.645. The van der Waals surface area contributed by atoms with Crippen molar-refractivity contribution in [1.29, 1.82) is 0 Å². The molecule has 3 heterocycles. The van der Waals surface area contributed by atoms with Gasteiger partial charge in [0.15, 0.2) is 14.8 Å². The van der Waals surface area contributed by atoms with Crippen LogP contribution in [-0.2, 0) is 24.2 Å². The van der Waals surface area contributed by atoms with Crippen molar-refractivity contribution >= 4 is 54.9 Å². The first-order chi connectivity index (χ1) is 19.9. The van der Waals surface area contributed by atoms with E-state index < -0.39 is 50.3 Å². The number of Topliss-reactive ketones (excluding diaryl/α,β-unsaturated/α-hetero) is 1. The predicted octanol–water partition coefficient (Wildman–Crippen LogP) is 2.96. The van der Waals surface area contributed by atoms with Crippen molar-refractivity contribution in [1.82, 2.24) is 20.5 Å². The van der Waals surface area contributed by atoms with Gasteiger partial charge < -0.3 is 15.5 Å². The van der Waals surface area contributed by atoms with Gasteiger partial charge in [0.1, 0.15) is 11.3 Å². The van der Waals surface area contributed by atoms with E-state index in [-0.39, 0.29) is 52.5 Å². The fourth-order valence-corrected chi connectivity index (χ4v) is 10.5. The molecule has 4 fully saturated rings. The molecule has 2 aromatic rings. The number of carbonyl (C=O) groups is 4. The van der Waals surface area contributed by atoms with Crippen LogP contribution in [0, 0.1) is 28.6 Å². The van der Waals surface area contributed by atoms with Gasteiger partial charge in [0.25, 0.3) is 0 Å². The molecule has 2 aliphatic carbocycles. The maximum atomic E-state index is 14.2. The number of benzene rings is 1. The summed E-state index contributed by atoms with van der Waals surface area (Å²) in [5, 5.41) is 4.96. The molecule has 2 N–H and O–H groups in total. The molecule has 2 aliphatic heterocycles. The first-order valence-corrected chi connectivity index (χ1v) is 17.7. The average Bonchev–Trinajstić information content (AvgIpc) is 3.47. The van der Waals surface area contributed by atoms with Gasteiger partial charge in [-0.25, -0.2) is 13.4 Å². The van der Waals surface area contributed by atoms with Gasteiger partial charge in [-0.05, 0) is 60.5 Å². The number of para-hydroxylation sites is 1. The molecule has 1 unspecified atom stereocenters. The van der Waals surface area contributed by atoms with E-state index >= 15 is 0 Å². The summed E-state index contributed by atoms with van der Waals surface area (Å²) in [4.78, 5) is 60.9. The number of rotatable bonds is 8. The SMILES string of the molecule is CC(C)(C)[C@@H](C(=O)N1C[C@H]2[C@@H]([C@H]1C(=O)N[C@@H](CC1CC3(CC3)NC1=O)C(=O)c1nc3ccccc3s1)C2(C)C)S(C)(=O)=O. The van der Waals surface area contributed by atoms with Crippen LogP contribution in [0.4, 0.5) is 0 Å². The molecule has 1 aromatic heterocycles. The number of nitrogens with one attached hydrogen (secondary N) is 2. The Hall–Kier alpha value is -2.86. The number of hydrogen-bond donors (Lipinski definition) is 2. The quantitative estimate of drug-likeness (QED) is 0.428. The van der Waals surface area contributed by atoms with Gasteiger partial charge in [0, 0.05) is 24.3 Å². The minimum absolute atomic E-state index is 0.0427. The molecule has 12 heteroatoms. The number of fused-ring (bicyclic) bond motifs is 2. The van der Waals surface area contributed by atoms with Gasteiger partial charge in [0.05, 0.1) is 16.3 Å². The van der Waals surface area contributed by atoms with Crippen LogP contribution in [0.1, 0.15) is 70.1 Å². The standard InChI is InChI=1S/C31H40N4O6S2/c1-29(2,3)24(43(6,40)41)28(39)35-15-17-21(30(17,4)5)22(35)26(38)32-19(13-16-14-31(11-12-31)34-25(16)37)23(36)27-33-18-9-7-8-10-20(18)42-27/h7-10,16-17,19,21-22,24H,11-15H2,1-6H3,(H,32,38)(H,34,37)/t16?,17-,19-,21-,22-,24+/m0/s1. The third-order valence-electron chi connectivity index (χ3n) is 10.1. The van der Waals surface area contributed by atoms with Gasteiger partial charge >= 0.3 is 0 Å². The Bertz CT molecular complexity index is 1600. The first-order valence-electron chi connectivity index (χ1n) is 14.9. The molecule has 43 heavy (non-hydrogen) atoms. The second kappa shape index (κ2) is 9.82. The van der Waals surface area contributed by atoms with Gasteiger partial charge in [-0.15, -0.1) is 11.3 Å². The summed E-state index contributed by atoms with van der Waals surface area (Å²) < 4.78 is 26.5. The number of thiazole rings is 1. The third kappa shape index (κ3) is 5.28. The number of likely N-dealkylation sites (tertiary alicyclic amines) is 1. The molecule has 1 spiro atoms. The van der Waals surface area contributed by atoms with Crippen molar-refractivity contribution in [3.8, 4) is 0 Å². The maximum Gasteiger partial charge on any atom is 0.243 e. The van der Waals surface area contributed by atoms with E-state index in [1.807, 2.05) is 38.1 Å². The summed E-state index contributed by atoms with van der Waals surface area (Å²) >= 11 is 1.24. The lowest BCUT2D eigenvalue weighted by Gasteiger charge is -2.36. The summed E-state index contributed by atoms with van der Waals surface area (Å²) in [6.07, 6.45) is 3.61. The zero-order valence-corrected chi connectivity index (χ0v) is 27.1. The monoisotopic (exact) mass is 628 g/mol. The molecule has 4 aliphatic rings. The summed E-state index contributed by atoms with van der Waals surface area (Å²) in [6, 6.07) is 5.47. The van der Waals surface area contributed by atoms with Gasteiger partial charge in [-0.2, -0.15) is 0 Å². The van der Waals surface area contributed by atoms with E-state index in [0.717, 1.165) is 23.8 Å². The van der Waals surface area contributed by atoms with Gasteiger partial charge in [-0.3, -0.25) is 19.2 Å². The topological polar surface area (TPSA) is 143 Å². The zero-order chi connectivity index (χ0) is 31.3. The molecule has 6 rings (SSSR count). The Kier molecular flexibility index (Phi) is 6.89. The molecule has 2 saturated heterocycles. The summed E-state index contributed by atoms with van der Waals surface area (Å²) in [7, 11) is -3.78. The molecule has 6 atom stereocenters. The largest absolute Gasteiger partial charge is 0.350 e. The molecule has 1 aromatic carbocycles. The number of amides is 3. The fourth-order valence-electron chi connectivity index (χ4n) is 7.71. The van der Waals surface area contributed by atoms with E-state index in [1.54, 1.807) is 20.8 Å². The van der Waals surface area contributed by atoms with E-state index in [4.69, 9.17) is 0 Å². The second-order valence-corrected chi connectivity index (χ2v) is 17.9.